The Morgan fingerprint density at radius 2 is 2.14 bits per heavy atom. The molecule has 1 aliphatic rings. The first-order chi connectivity index (χ1) is 13.2. The highest BCUT2D eigenvalue weighted by molar-refractivity contribution is 14.1. The van der Waals surface area contributed by atoms with E-state index < -0.39 is 0 Å². The smallest absolute Gasteiger partial charge is 0.271 e. The van der Waals surface area contributed by atoms with Crippen LogP contribution in [0.4, 0.5) is 10.8 Å². The van der Waals surface area contributed by atoms with Crippen LogP contribution in [0, 0.1) is 13.7 Å². The standard InChI is InChI=1S/C17H17IN6O3S/c1-17(2,3)14-15(23-8-19-7-20-23)28-16(21-14)22-6-10-4-11(24(25)26)5-12(18)13(10)27-9-22/h4-5,7-8H,6,9H2,1-3H3. The minimum absolute atomic E-state index is 0.0615. The van der Waals surface area contributed by atoms with E-state index in [1.807, 2.05) is 4.90 Å². The van der Waals surface area contributed by atoms with Crippen LogP contribution in [0.2, 0.25) is 0 Å². The molecule has 0 bridgehead atoms. The quantitative estimate of drug-likeness (QED) is 0.298. The molecule has 0 saturated heterocycles. The zero-order chi connectivity index (χ0) is 20.1. The van der Waals surface area contributed by atoms with Crippen LogP contribution < -0.4 is 9.64 Å². The molecule has 2 aromatic heterocycles. The summed E-state index contributed by atoms with van der Waals surface area (Å²) in [6, 6.07) is 3.10. The number of benzene rings is 1. The number of hydrogen-bond acceptors (Lipinski definition) is 8. The largest absolute Gasteiger partial charge is 0.472 e. The topological polar surface area (TPSA) is 99.2 Å². The van der Waals surface area contributed by atoms with Gasteiger partial charge < -0.3 is 9.64 Å². The van der Waals surface area contributed by atoms with E-state index in [1.165, 1.54) is 23.7 Å². The van der Waals surface area contributed by atoms with E-state index in [4.69, 9.17) is 9.72 Å². The molecule has 1 aliphatic heterocycles. The van der Waals surface area contributed by atoms with Crippen LogP contribution in [0.25, 0.3) is 5.00 Å². The average molecular weight is 512 g/mol. The molecule has 0 aliphatic carbocycles. The fourth-order valence-corrected chi connectivity index (χ4v) is 4.94. The minimum Gasteiger partial charge on any atom is -0.472 e. The van der Waals surface area contributed by atoms with Gasteiger partial charge in [0.1, 0.15) is 23.4 Å². The molecular weight excluding hydrogens is 495 g/mol. The van der Waals surface area contributed by atoms with Crippen molar-refractivity contribution in [1.29, 1.82) is 0 Å². The molecule has 11 heteroatoms. The second kappa shape index (κ2) is 6.95. The van der Waals surface area contributed by atoms with Crippen LogP contribution in [0.15, 0.2) is 24.8 Å². The van der Waals surface area contributed by atoms with Gasteiger partial charge in [-0.3, -0.25) is 10.1 Å². The number of halogens is 1. The molecule has 0 spiro atoms. The third-order valence-electron chi connectivity index (χ3n) is 4.25. The lowest BCUT2D eigenvalue weighted by Gasteiger charge is -2.29. The lowest BCUT2D eigenvalue weighted by Crippen LogP contribution is -2.32. The van der Waals surface area contributed by atoms with Gasteiger partial charge in [0.15, 0.2) is 11.9 Å². The number of thiazole rings is 1. The summed E-state index contributed by atoms with van der Waals surface area (Å²) in [5, 5.41) is 17.1. The Labute approximate surface area is 178 Å². The molecule has 9 nitrogen and oxygen atoms in total. The number of nitro groups is 1. The lowest BCUT2D eigenvalue weighted by molar-refractivity contribution is -0.385. The predicted octanol–water partition coefficient (Wildman–Crippen LogP) is 3.89. The third-order valence-corrected chi connectivity index (χ3v) is 6.15. The number of ether oxygens (including phenoxy) is 1. The van der Waals surface area contributed by atoms with Crippen molar-refractivity contribution in [3.8, 4) is 10.8 Å². The Balaban J connectivity index is 1.73. The first kappa shape index (κ1) is 19.1. The van der Waals surface area contributed by atoms with Gasteiger partial charge in [-0.2, -0.15) is 5.10 Å². The van der Waals surface area contributed by atoms with Crippen molar-refractivity contribution in [3.63, 3.8) is 0 Å². The van der Waals surface area contributed by atoms with E-state index in [2.05, 4.69) is 53.4 Å². The molecule has 3 aromatic rings. The number of anilines is 1. The first-order valence-electron chi connectivity index (χ1n) is 8.45. The van der Waals surface area contributed by atoms with Crippen molar-refractivity contribution in [2.75, 3.05) is 11.6 Å². The Morgan fingerprint density at radius 3 is 2.79 bits per heavy atom. The van der Waals surface area contributed by atoms with E-state index in [9.17, 15) is 10.1 Å². The first-order valence-corrected chi connectivity index (χ1v) is 10.3. The van der Waals surface area contributed by atoms with E-state index in [1.54, 1.807) is 17.1 Å². The molecule has 3 heterocycles. The second-order valence-corrected chi connectivity index (χ2v) is 9.50. The zero-order valence-corrected chi connectivity index (χ0v) is 18.4. The van der Waals surface area contributed by atoms with Crippen molar-refractivity contribution in [1.82, 2.24) is 19.7 Å². The Hall–Kier alpha value is -2.28. The summed E-state index contributed by atoms with van der Waals surface area (Å²) in [5.74, 6) is 0.701. The number of fused-ring (bicyclic) bond motifs is 1. The van der Waals surface area contributed by atoms with Gasteiger partial charge in [-0.05, 0) is 22.6 Å². The normalized spacial score (nSPS) is 13.9. The SMILES string of the molecule is CC(C)(C)c1nc(N2COc3c(I)cc([N+](=O)[O-])cc3C2)sc1-n1cncn1. The summed E-state index contributed by atoms with van der Waals surface area (Å²) in [6.45, 7) is 7.11. The van der Waals surface area contributed by atoms with Crippen molar-refractivity contribution >= 4 is 44.7 Å². The highest BCUT2D eigenvalue weighted by atomic mass is 127. The van der Waals surface area contributed by atoms with Gasteiger partial charge in [0.05, 0.1) is 20.7 Å². The maximum atomic E-state index is 11.2. The van der Waals surface area contributed by atoms with Crippen LogP contribution in [0.3, 0.4) is 0 Å². The van der Waals surface area contributed by atoms with Crippen LogP contribution in [-0.4, -0.2) is 31.4 Å². The molecular formula is C17H17IN6O3S. The third kappa shape index (κ3) is 3.43. The number of aromatic nitrogens is 4. The summed E-state index contributed by atoms with van der Waals surface area (Å²) >= 11 is 3.57. The molecule has 146 valence electrons. The minimum atomic E-state index is -0.384. The van der Waals surface area contributed by atoms with E-state index in [-0.39, 0.29) is 16.0 Å². The fraction of sp³-hybridized carbons (Fsp3) is 0.353. The monoisotopic (exact) mass is 512 g/mol. The number of nitrogens with zero attached hydrogens (tertiary/aromatic N) is 6. The number of rotatable bonds is 3. The molecule has 0 saturated carbocycles. The van der Waals surface area contributed by atoms with Crippen molar-refractivity contribution in [2.24, 2.45) is 0 Å². The van der Waals surface area contributed by atoms with Crippen LogP contribution in [0.5, 0.6) is 5.75 Å². The van der Waals surface area contributed by atoms with Gasteiger partial charge >= 0.3 is 0 Å². The van der Waals surface area contributed by atoms with Crippen LogP contribution >= 0.6 is 33.9 Å². The van der Waals surface area contributed by atoms with Crippen molar-refractivity contribution in [2.45, 2.75) is 32.7 Å². The second-order valence-electron chi connectivity index (χ2n) is 7.38. The Bertz CT molecular complexity index is 1040. The molecule has 0 N–H and O–H groups in total. The Kier molecular flexibility index (Phi) is 4.73. The maximum absolute atomic E-state index is 11.2. The van der Waals surface area contributed by atoms with Crippen LogP contribution in [0.1, 0.15) is 32.0 Å². The molecule has 0 radical (unpaired) electrons. The lowest BCUT2D eigenvalue weighted by atomic mass is 9.92. The van der Waals surface area contributed by atoms with Crippen molar-refractivity contribution in [3.05, 3.63) is 49.7 Å². The maximum Gasteiger partial charge on any atom is 0.271 e. The van der Waals surface area contributed by atoms with Crippen molar-refractivity contribution < 1.29 is 9.66 Å². The van der Waals surface area contributed by atoms with Gasteiger partial charge in [0.2, 0.25) is 0 Å². The molecule has 0 fully saturated rings. The van der Waals surface area contributed by atoms with Crippen LogP contribution in [-0.2, 0) is 12.0 Å². The Morgan fingerprint density at radius 1 is 1.36 bits per heavy atom. The highest BCUT2D eigenvalue weighted by Crippen LogP contribution is 2.40. The van der Waals surface area contributed by atoms with E-state index in [0.717, 1.165) is 25.0 Å². The molecule has 1 aromatic carbocycles. The summed E-state index contributed by atoms with van der Waals surface area (Å²) in [7, 11) is 0. The van der Waals surface area contributed by atoms with Gasteiger partial charge in [-0.15, -0.1) is 0 Å². The summed E-state index contributed by atoms with van der Waals surface area (Å²) in [4.78, 5) is 21.7. The summed E-state index contributed by atoms with van der Waals surface area (Å²) in [5.41, 5.74) is 1.57. The molecule has 0 amide bonds. The number of hydrogen-bond donors (Lipinski definition) is 0. The zero-order valence-electron chi connectivity index (χ0n) is 15.4. The number of nitro benzene ring substituents is 1. The molecule has 0 atom stereocenters. The van der Waals surface area contributed by atoms with Gasteiger partial charge in [-0.1, -0.05) is 32.1 Å². The average Bonchev–Trinajstić information content (AvgIpc) is 3.30. The summed E-state index contributed by atoms with van der Waals surface area (Å²) < 4.78 is 8.36. The van der Waals surface area contributed by atoms with Gasteiger partial charge in [0.25, 0.3) is 5.69 Å². The predicted molar refractivity (Wildman–Crippen MR) is 113 cm³/mol. The fourth-order valence-electron chi connectivity index (χ4n) is 2.93. The highest BCUT2D eigenvalue weighted by Gasteiger charge is 2.29. The van der Waals surface area contributed by atoms with Gasteiger partial charge in [0, 0.05) is 23.1 Å². The molecule has 0 unspecified atom stereocenters. The summed E-state index contributed by atoms with van der Waals surface area (Å²) in [6.07, 6.45) is 3.15. The molecule has 28 heavy (non-hydrogen) atoms. The van der Waals surface area contributed by atoms with Gasteiger partial charge in [-0.25, -0.2) is 14.6 Å². The number of non-ortho nitro benzene ring substituents is 1. The van der Waals surface area contributed by atoms with E-state index >= 15 is 0 Å². The molecule has 4 rings (SSSR count). The van der Waals surface area contributed by atoms with E-state index in [0.29, 0.717) is 19.0 Å².